The minimum absolute atomic E-state index is 0.303. The number of carbonyl (C=O) groups excluding carboxylic acids is 2. The summed E-state index contributed by atoms with van der Waals surface area (Å²) in [5.41, 5.74) is 1.84. The zero-order valence-electron chi connectivity index (χ0n) is 17.1. The number of hydrogen-bond donors (Lipinski definition) is 1. The molecule has 1 N–H and O–H groups in total. The average Bonchev–Trinajstić information content (AvgIpc) is 3.11. The number of nitrogens with zero attached hydrogens (tertiary/aromatic N) is 3. The summed E-state index contributed by atoms with van der Waals surface area (Å²) in [6, 6.07) is 6.58. The summed E-state index contributed by atoms with van der Waals surface area (Å²) in [7, 11) is 0. The Morgan fingerprint density at radius 2 is 1.87 bits per heavy atom. The van der Waals surface area contributed by atoms with Gasteiger partial charge in [0.25, 0.3) is 5.91 Å². The van der Waals surface area contributed by atoms with Crippen LogP contribution in [0.1, 0.15) is 52.7 Å². The molecule has 0 unspecified atom stereocenters. The molecule has 1 saturated heterocycles. The molecule has 1 aliphatic heterocycles. The van der Waals surface area contributed by atoms with Gasteiger partial charge in [0.1, 0.15) is 17.9 Å². The predicted molar refractivity (Wildman–Crippen MR) is 113 cm³/mol. The van der Waals surface area contributed by atoms with Crippen molar-refractivity contribution in [3.05, 3.63) is 47.5 Å². The highest BCUT2D eigenvalue weighted by Crippen LogP contribution is 2.33. The Hall–Kier alpha value is -3.42. The van der Waals surface area contributed by atoms with Gasteiger partial charge in [-0.2, -0.15) is 0 Å². The summed E-state index contributed by atoms with van der Waals surface area (Å²) in [6.45, 7) is 5.61. The number of furan rings is 1. The Labute approximate surface area is 174 Å². The third kappa shape index (κ3) is 3.85. The Balaban J connectivity index is 1.63. The van der Waals surface area contributed by atoms with Gasteiger partial charge >= 0.3 is 5.97 Å². The van der Waals surface area contributed by atoms with Crippen molar-refractivity contribution in [3.63, 3.8) is 0 Å². The van der Waals surface area contributed by atoms with E-state index in [0.29, 0.717) is 40.3 Å². The lowest BCUT2D eigenvalue weighted by Crippen LogP contribution is -2.30. The first-order valence-corrected chi connectivity index (χ1v) is 10.2. The molecule has 0 radical (unpaired) electrons. The molecule has 1 aromatic carbocycles. The van der Waals surface area contributed by atoms with E-state index in [1.165, 1.54) is 12.7 Å². The van der Waals surface area contributed by atoms with E-state index in [1.54, 1.807) is 38.1 Å². The number of ether oxygens (including phenoxy) is 1. The number of amides is 1. The summed E-state index contributed by atoms with van der Waals surface area (Å²) >= 11 is 0. The van der Waals surface area contributed by atoms with Gasteiger partial charge in [-0.1, -0.05) is 0 Å². The summed E-state index contributed by atoms with van der Waals surface area (Å²) in [4.78, 5) is 35.8. The number of aromatic nitrogens is 2. The van der Waals surface area contributed by atoms with Crippen LogP contribution < -0.4 is 10.2 Å². The van der Waals surface area contributed by atoms with E-state index >= 15 is 0 Å². The number of anilines is 2. The summed E-state index contributed by atoms with van der Waals surface area (Å²) in [5.74, 6) is 0.530. The van der Waals surface area contributed by atoms with Gasteiger partial charge in [0, 0.05) is 18.8 Å². The molecule has 1 aliphatic rings. The first-order chi connectivity index (χ1) is 14.6. The number of nitrogens with one attached hydrogen (secondary N) is 1. The Bertz CT molecular complexity index is 1070. The highest BCUT2D eigenvalue weighted by Gasteiger charge is 2.26. The second-order valence-electron chi connectivity index (χ2n) is 7.21. The van der Waals surface area contributed by atoms with E-state index in [0.717, 1.165) is 31.7 Å². The van der Waals surface area contributed by atoms with Gasteiger partial charge in [-0.25, -0.2) is 14.8 Å². The first kappa shape index (κ1) is 19.9. The molecule has 8 heteroatoms. The molecule has 0 atom stereocenters. The van der Waals surface area contributed by atoms with Crippen molar-refractivity contribution in [2.24, 2.45) is 0 Å². The highest BCUT2D eigenvalue weighted by molar-refractivity contribution is 6.15. The molecule has 0 bridgehead atoms. The molecule has 3 heterocycles. The van der Waals surface area contributed by atoms with Crippen molar-refractivity contribution in [1.82, 2.24) is 9.97 Å². The summed E-state index contributed by atoms with van der Waals surface area (Å²) in [6.07, 6.45) is 4.86. The maximum absolute atomic E-state index is 13.1. The molecule has 0 spiro atoms. The second kappa shape index (κ2) is 8.52. The molecular formula is C22H24N4O4. The van der Waals surface area contributed by atoms with E-state index in [4.69, 9.17) is 9.15 Å². The van der Waals surface area contributed by atoms with Gasteiger partial charge in [-0.15, -0.1) is 0 Å². The van der Waals surface area contributed by atoms with E-state index in [9.17, 15) is 9.59 Å². The smallest absolute Gasteiger partial charge is 0.338 e. The van der Waals surface area contributed by atoms with Crippen LogP contribution in [-0.4, -0.2) is 41.5 Å². The number of aryl methyl sites for hydroxylation is 1. The molecule has 0 aliphatic carbocycles. The van der Waals surface area contributed by atoms with Crippen molar-refractivity contribution in [2.45, 2.75) is 33.1 Å². The zero-order valence-corrected chi connectivity index (χ0v) is 17.1. The van der Waals surface area contributed by atoms with Crippen molar-refractivity contribution >= 4 is 34.5 Å². The van der Waals surface area contributed by atoms with Gasteiger partial charge < -0.3 is 19.4 Å². The van der Waals surface area contributed by atoms with Crippen LogP contribution >= 0.6 is 0 Å². The predicted octanol–water partition coefficient (Wildman–Crippen LogP) is 3.95. The average molecular weight is 408 g/mol. The highest BCUT2D eigenvalue weighted by atomic mass is 16.5. The van der Waals surface area contributed by atoms with E-state index in [1.807, 2.05) is 0 Å². The largest absolute Gasteiger partial charge is 0.462 e. The second-order valence-corrected chi connectivity index (χ2v) is 7.21. The molecule has 156 valence electrons. The third-order valence-electron chi connectivity index (χ3n) is 5.18. The Kier molecular flexibility index (Phi) is 5.65. The number of hydrogen-bond acceptors (Lipinski definition) is 7. The minimum atomic E-state index is -0.393. The maximum atomic E-state index is 13.1. The minimum Gasteiger partial charge on any atom is -0.462 e. The van der Waals surface area contributed by atoms with Crippen LogP contribution in [0.15, 0.2) is 35.0 Å². The third-order valence-corrected chi connectivity index (χ3v) is 5.18. The molecular weight excluding hydrogens is 384 g/mol. The Morgan fingerprint density at radius 1 is 1.13 bits per heavy atom. The van der Waals surface area contributed by atoms with Gasteiger partial charge in [-0.3, -0.25) is 4.79 Å². The molecule has 30 heavy (non-hydrogen) atoms. The van der Waals surface area contributed by atoms with Gasteiger partial charge in [0.05, 0.1) is 23.1 Å². The van der Waals surface area contributed by atoms with Crippen LogP contribution in [0.25, 0.3) is 11.1 Å². The lowest BCUT2D eigenvalue weighted by atomic mass is 10.1. The molecule has 1 amide bonds. The fraction of sp³-hybridized carbons (Fsp3) is 0.364. The standard InChI is InChI=1S/C22H24N4O4/c1-3-29-22(28)15-7-9-16(10-8-15)25-20(27)17-14(2)30-21-18(17)19(23-13-24-21)26-11-5-4-6-12-26/h7-10,13H,3-6,11-12H2,1-2H3,(H,25,27). The van der Waals surface area contributed by atoms with Crippen LogP contribution in [0.3, 0.4) is 0 Å². The van der Waals surface area contributed by atoms with Crippen molar-refractivity contribution in [2.75, 3.05) is 29.9 Å². The molecule has 2 aromatic heterocycles. The van der Waals surface area contributed by atoms with Gasteiger partial charge in [0.2, 0.25) is 5.71 Å². The SMILES string of the molecule is CCOC(=O)c1ccc(NC(=O)c2c(C)oc3ncnc(N4CCCCC4)c23)cc1. The van der Waals surface area contributed by atoms with E-state index < -0.39 is 5.97 Å². The molecule has 8 nitrogen and oxygen atoms in total. The number of fused-ring (bicyclic) bond motifs is 1. The Morgan fingerprint density at radius 3 is 2.57 bits per heavy atom. The number of piperidine rings is 1. The van der Waals surface area contributed by atoms with Gasteiger partial charge in [-0.05, 0) is 57.4 Å². The number of esters is 1. The fourth-order valence-electron chi connectivity index (χ4n) is 3.75. The molecule has 0 saturated carbocycles. The topological polar surface area (TPSA) is 97.6 Å². The van der Waals surface area contributed by atoms with Crippen LogP contribution in [0.2, 0.25) is 0 Å². The van der Waals surface area contributed by atoms with E-state index in [2.05, 4.69) is 20.2 Å². The lowest BCUT2D eigenvalue weighted by Gasteiger charge is -2.28. The lowest BCUT2D eigenvalue weighted by molar-refractivity contribution is 0.0526. The molecule has 3 aromatic rings. The van der Waals surface area contributed by atoms with Crippen molar-refractivity contribution < 1.29 is 18.7 Å². The summed E-state index contributed by atoms with van der Waals surface area (Å²) in [5, 5.41) is 3.52. The number of carbonyl (C=O) groups is 2. The zero-order chi connectivity index (χ0) is 21.1. The molecule has 1 fully saturated rings. The fourth-order valence-corrected chi connectivity index (χ4v) is 3.75. The number of rotatable bonds is 5. The van der Waals surface area contributed by atoms with E-state index in [-0.39, 0.29) is 5.91 Å². The van der Waals surface area contributed by atoms with Crippen LogP contribution in [0.4, 0.5) is 11.5 Å². The monoisotopic (exact) mass is 408 g/mol. The van der Waals surface area contributed by atoms with Crippen LogP contribution in [0, 0.1) is 6.92 Å². The maximum Gasteiger partial charge on any atom is 0.338 e. The quantitative estimate of drug-likeness (QED) is 0.638. The van der Waals surface area contributed by atoms with Gasteiger partial charge in [0.15, 0.2) is 0 Å². The van der Waals surface area contributed by atoms with Crippen molar-refractivity contribution in [3.8, 4) is 0 Å². The van der Waals surface area contributed by atoms with Crippen molar-refractivity contribution in [1.29, 1.82) is 0 Å². The van der Waals surface area contributed by atoms with Crippen LogP contribution in [0.5, 0.6) is 0 Å². The first-order valence-electron chi connectivity index (χ1n) is 10.2. The molecule has 4 rings (SSSR count). The number of benzene rings is 1. The summed E-state index contributed by atoms with van der Waals surface area (Å²) < 4.78 is 10.8. The normalized spacial score (nSPS) is 14.0. The van der Waals surface area contributed by atoms with Crippen LogP contribution in [-0.2, 0) is 4.74 Å².